The van der Waals surface area contributed by atoms with Gasteiger partial charge in [-0.05, 0) is 39.3 Å². The number of thiazole rings is 1. The van der Waals surface area contributed by atoms with Gasteiger partial charge in [-0.2, -0.15) is 0 Å². The van der Waals surface area contributed by atoms with Gasteiger partial charge < -0.3 is 0 Å². The Morgan fingerprint density at radius 3 is 3.18 bits per heavy atom. The Morgan fingerprint density at radius 2 is 2.47 bits per heavy atom. The van der Waals surface area contributed by atoms with Crippen LogP contribution in [-0.4, -0.2) is 34.8 Å². The Balaban J connectivity index is 1.77. The van der Waals surface area contributed by atoms with E-state index in [4.69, 9.17) is 0 Å². The molecule has 1 unspecified atom stereocenters. The molecule has 1 aliphatic rings. The summed E-state index contributed by atoms with van der Waals surface area (Å²) in [6.07, 6.45) is 5.41. The molecule has 1 atom stereocenters. The first-order valence-corrected chi connectivity index (χ1v) is 8.45. The first-order valence-electron chi connectivity index (χ1n) is 6.58. The first-order chi connectivity index (χ1) is 8.29. The number of likely N-dealkylation sites (tertiary alicyclic amines) is 1. The van der Waals surface area contributed by atoms with Crippen LogP contribution in [0, 0.1) is 6.92 Å². The van der Waals surface area contributed by atoms with Crippen molar-refractivity contribution in [1.29, 1.82) is 0 Å². The molecule has 0 aliphatic carbocycles. The van der Waals surface area contributed by atoms with Gasteiger partial charge in [0, 0.05) is 22.9 Å². The van der Waals surface area contributed by atoms with E-state index in [0.717, 1.165) is 11.7 Å². The fraction of sp³-hybridized carbons (Fsp3) is 0.769. The van der Waals surface area contributed by atoms with E-state index in [1.165, 1.54) is 48.9 Å². The molecule has 2 heterocycles. The highest BCUT2D eigenvalue weighted by Gasteiger charge is 2.23. The summed E-state index contributed by atoms with van der Waals surface area (Å²) in [4.78, 5) is 7.20. The molecule has 0 bridgehead atoms. The molecule has 0 saturated carbocycles. The van der Waals surface area contributed by atoms with Crippen molar-refractivity contribution in [3.63, 3.8) is 0 Å². The van der Waals surface area contributed by atoms with Gasteiger partial charge in [0.2, 0.25) is 0 Å². The largest absolute Gasteiger partial charge is 0.300 e. The summed E-state index contributed by atoms with van der Waals surface area (Å²) < 4.78 is 1.24. The highest BCUT2D eigenvalue weighted by Crippen LogP contribution is 2.27. The smallest absolute Gasteiger partial charge is 0.150 e. The van der Waals surface area contributed by atoms with E-state index in [1.54, 1.807) is 11.3 Å². The van der Waals surface area contributed by atoms with Gasteiger partial charge in [0.1, 0.15) is 4.34 Å². The van der Waals surface area contributed by atoms with Crippen LogP contribution in [0.2, 0.25) is 0 Å². The van der Waals surface area contributed by atoms with Gasteiger partial charge >= 0.3 is 0 Å². The van der Waals surface area contributed by atoms with Crippen molar-refractivity contribution in [2.24, 2.45) is 0 Å². The van der Waals surface area contributed by atoms with Crippen LogP contribution in [-0.2, 0) is 0 Å². The lowest BCUT2D eigenvalue weighted by molar-refractivity contribution is 0.268. The Bertz CT molecular complexity index is 338. The number of unbranched alkanes of at least 4 members (excludes halogenated alkanes) is 1. The van der Waals surface area contributed by atoms with E-state index in [-0.39, 0.29) is 0 Å². The minimum absolute atomic E-state index is 0.788. The molecule has 0 amide bonds. The summed E-state index contributed by atoms with van der Waals surface area (Å²) in [6, 6.07) is 0.788. The number of hydrogen-bond donors (Lipinski definition) is 0. The van der Waals surface area contributed by atoms with Crippen LogP contribution in [0.15, 0.2) is 9.72 Å². The minimum atomic E-state index is 0.788. The van der Waals surface area contributed by atoms with Crippen LogP contribution < -0.4 is 0 Å². The van der Waals surface area contributed by atoms with Gasteiger partial charge in [0.25, 0.3) is 0 Å². The van der Waals surface area contributed by atoms with Crippen LogP contribution in [0.4, 0.5) is 0 Å². The maximum Gasteiger partial charge on any atom is 0.150 e. The summed E-state index contributed by atoms with van der Waals surface area (Å²) in [7, 11) is 0. The molecule has 1 aromatic rings. The van der Waals surface area contributed by atoms with Gasteiger partial charge in [-0.25, -0.2) is 4.98 Å². The molecule has 1 aromatic heterocycles. The zero-order valence-corrected chi connectivity index (χ0v) is 12.4. The molecule has 2 nitrogen and oxygen atoms in total. The van der Waals surface area contributed by atoms with E-state index in [1.807, 2.05) is 11.8 Å². The van der Waals surface area contributed by atoms with Crippen molar-refractivity contribution in [2.45, 2.75) is 49.9 Å². The summed E-state index contributed by atoms with van der Waals surface area (Å²) in [5.41, 5.74) is 1.16. The van der Waals surface area contributed by atoms with Gasteiger partial charge in [-0.15, -0.1) is 11.3 Å². The lowest BCUT2D eigenvalue weighted by atomic mass is 10.2. The molecule has 96 valence electrons. The molecule has 0 aromatic carbocycles. The maximum atomic E-state index is 4.52. The lowest BCUT2D eigenvalue weighted by Gasteiger charge is -2.23. The summed E-state index contributed by atoms with van der Waals surface area (Å²) in [6.45, 7) is 6.95. The number of aryl methyl sites for hydroxylation is 1. The van der Waals surface area contributed by atoms with E-state index in [9.17, 15) is 0 Å². The lowest BCUT2D eigenvalue weighted by Crippen LogP contribution is -2.32. The van der Waals surface area contributed by atoms with E-state index in [2.05, 4.69) is 29.1 Å². The van der Waals surface area contributed by atoms with E-state index >= 15 is 0 Å². The maximum absolute atomic E-state index is 4.52. The molecule has 0 N–H and O–H groups in total. The van der Waals surface area contributed by atoms with Crippen molar-refractivity contribution in [3.05, 3.63) is 11.1 Å². The van der Waals surface area contributed by atoms with Crippen molar-refractivity contribution in [1.82, 2.24) is 9.88 Å². The number of hydrogen-bond acceptors (Lipinski definition) is 4. The fourth-order valence-corrected chi connectivity index (χ4v) is 4.37. The molecule has 4 heteroatoms. The van der Waals surface area contributed by atoms with Crippen molar-refractivity contribution in [3.8, 4) is 0 Å². The SMILES string of the molecule is CCCCN1CCCC1CSc1nc(C)cs1. The molecule has 1 saturated heterocycles. The molecular weight excluding hydrogens is 248 g/mol. The van der Waals surface area contributed by atoms with Gasteiger partial charge in [-0.1, -0.05) is 25.1 Å². The molecule has 1 aliphatic heterocycles. The normalized spacial score (nSPS) is 21.2. The molecule has 0 radical (unpaired) electrons. The molecular formula is C13H22N2S2. The van der Waals surface area contributed by atoms with Crippen LogP contribution in [0.25, 0.3) is 0 Å². The topological polar surface area (TPSA) is 16.1 Å². The standard InChI is InChI=1S/C13H22N2S2/c1-3-4-7-15-8-5-6-12(15)10-17-13-14-11(2)9-16-13/h9,12H,3-8,10H2,1-2H3. The van der Waals surface area contributed by atoms with Crippen LogP contribution in [0.1, 0.15) is 38.3 Å². The number of rotatable bonds is 6. The first kappa shape index (κ1) is 13.4. The predicted octanol–water partition coefficient (Wildman–Crippen LogP) is 3.81. The number of aromatic nitrogens is 1. The van der Waals surface area contributed by atoms with Crippen molar-refractivity contribution in [2.75, 3.05) is 18.8 Å². The van der Waals surface area contributed by atoms with Gasteiger partial charge in [-0.3, -0.25) is 4.90 Å². The number of thioether (sulfide) groups is 1. The third kappa shape index (κ3) is 3.97. The van der Waals surface area contributed by atoms with Crippen molar-refractivity contribution >= 4 is 23.1 Å². The minimum Gasteiger partial charge on any atom is -0.300 e. The Morgan fingerprint density at radius 1 is 1.59 bits per heavy atom. The molecule has 2 rings (SSSR count). The summed E-state index contributed by atoms with van der Waals surface area (Å²) >= 11 is 3.73. The van der Waals surface area contributed by atoms with Gasteiger partial charge in [0.05, 0.1) is 0 Å². The van der Waals surface area contributed by atoms with E-state index < -0.39 is 0 Å². The molecule has 17 heavy (non-hydrogen) atoms. The Kier molecular flexibility index (Phi) is 5.32. The zero-order chi connectivity index (χ0) is 12.1. The van der Waals surface area contributed by atoms with Crippen molar-refractivity contribution < 1.29 is 0 Å². The third-order valence-corrected chi connectivity index (χ3v) is 5.58. The fourth-order valence-electron chi connectivity index (χ4n) is 2.31. The summed E-state index contributed by atoms with van der Waals surface area (Å²) in [5, 5.41) is 2.14. The second-order valence-corrected chi connectivity index (χ2v) is 6.88. The molecule has 1 fully saturated rings. The Hall–Kier alpha value is -0.0600. The quantitative estimate of drug-likeness (QED) is 0.731. The highest BCUT2D eigenvalue weighted by molar-refractivity contribution is 8.01. The highest BCUT2D eigenvalue weighted by atomic mass is 32.2. The van der Waals surface area contributed by atoms with Crippen LogP contribution in [0.3, 0.4) is 0 Å². The Labute approximate surface area is 113 Å². The van der Waals surface area contributed by atoms with E-state index in [0.29, 0.717) is 0 Å². The van der Waals surface area contributed by atoms with Crippen LogP contribution in [0.5, 0.6) is 0 Å². The van der Waals surface area contributed by atoms with Gasteiger partial charge in [0.15, 0.2) is 0 Å². The van der Waals surface area contributed by atoms with Crippen LogP contribution >= 0.6 is 23.1 Å². The predicted molar refractivity (Wildman–Crippen MR) is 77.1 cm³/mol. The summed E-state index contributed by atoms with van der Waals surface area (Å²) in [5.74, 6) is 1.22. The monoisotopic (exact) mass is 270 g/mol. The molecule has 0 spiro atoms. The average molecular weight is 270 g/mol. The zero-order valence-electron chi connectivity index (χ0n) is 10.8. The average Bonchev–Trinajstić information content (AvgIpc) is 2.92. The third-order valence-electron chi connectivity index (χ3n) is 3.30. The second-order valence-electron chi connectivity index (χ2n) is 4.75. The second kappa shape index (κ2) is 6.76. The number of nitrogens with zero attached hydrogens (tertiary/aromatic N) is 2.